The zero-order chi connectivity index (χ0) is 19.4. The number of aromatic nitrogens is 2. The summed E-state index contributed by atoms with van der Waals surface area (Å²) in [6.45, 7) is 0. The first kappa shape index (κ1) is 19.4. The van der Waals surface area contributed by atoms with Crippen molar-refractivity contribution in [3.63, 3.8) is 0 Å². The molecule has 0 saturated heterocycles. The smallest absolute Gasteiger partial charge is 0.315 e. The molecule has 0 aliphatic carbocycles. The van der Waals surface area contributed by atoms with Crippen molar-refractivity contribution >= 4 is 64.7 Å². The quantitative estimate of drug-likeness (QED) is 0.305. The summed E-state index contributed by atoms with van der Waals surface area (Å²) in [6.07, 6.45) is 0.238. The molecule has 7 nitrogen and oxygen atoms in total. The van der Waals surface area contributed by atoms with Crippen molar-refractivity contribution in [2.75, 3.05) is 5.32 Å². The van der Waals surface area contributed by atoms with E-state index >= 15 is 0 Å². The molecular formula is C16H8Cl4N4O3. The van der Waals surface area contributed by atoms with Gasteiger partial charge in [-0.1, -0.05) is 68.8 Å². The highest BCUT2D eigenvalue weighted by molar-refractivity contribution is 6.39. The number of oxime groups is 1. The molecule has 3 aromatic rings. The molecule has 0 spiro atoms. The Bertz CT molecular complexity index is 982. The van der Waals surface area contributed by atoms with Gasteiger partial charge in [0.1, 0.15) is 0 Å². The Kier molecular flexibility index (Phi) is 6.18. The van der Waals surface area contributed by atoms with E-state index in [1.165, 1.54) is 6.21 Å². The van der Waals surface area contributed by atoms with Crippen LogP contribution in [0.4, 0.5) is 10.8 Å². The number of carbonyl (C=O) groups excluding carboxylic acids is 1. The summed E-state index contributed by atoms with van der Waals surface area (Å²) in [5.41, 5.74) is 0.777. The van der Waals surface area contributed by atoms with E-state index in [1.807, 2.05) is 0 Å². The fraction of sp³-hybridized carbons (Fsp3) is 0. The maximum atomic E-state index is 11.8. The molecule has 0 fully saturated rings. The molecule has 0 bridgehead atoms. The van der Waals surface area contributed by atoms with E-state index in [2.05, 4.69) is 25.5 Å². The highest BCUT2D eigenvalue weighted by Crippen LogP contribution is 2.33. The molecule has 0 radical (unpaired) electrons. The summed E-state index contributed by atoms with van der Waals surface area (Å²) in [5, 5.41) is 10.8. The van der Waals surface area contributed by atoms with Crippen LogP contribution in [0.15, 0.2) is 46.1 Å². The molecule has 0 unspecified atom stereocenters. The molecule has 1 amide bonds. The minimum absolute atomic E-state index is 0.104. The standard InChI is InChI=1S/C16H8Cl4N4O3/c17-9-3-1-4-10(18)8(9)7-21-27-16(25)23-15-22-14(24-26-15)13-11(19)5-2-6-12(13)20/h1-7H,(H,22,23,24,25). The molecule has 1 N–H and O–H groups in total. The van der Waals surface area contributed by atoms with E-state index in [4.69, 9.17) is 50.9 Å². The maximum absolute atomic E-state index is 11.8. The van der Waals surface area contributed by atoms with Crippen molar-refractivity contribution in [3.8, 4) is 11.4 Å². The molecular weight excluding hydrogens is 438 g/mol. The maximum Gasteiger partial charge on any atom is 0.441 e. The van der Waals surface area contributed by atoms with E-state index in [0.717, 1.165) is 0 Å². The van der Waals surface area contributed by atoms with Gasteiger partial charge in [0.05, 0.1) is 31.9 Å². The van der Waals surface area contributed by atoms with Crippen LogP contribution in [0.3, 0.4) is 0 Å². The summed E-state index contributed by atoms with van der Waals surface area (Å²) in [7, 11) is 0. The van der Waals surface area contributed by atoms with Crippen molar-refractivity contribution in [2.24, 2.45) is 5.16 Å². The number of amides is 1. The van der Waals surface area contributed by atoms with Crippen LogP contribution in [0, 0.1) is 0 Å². The lowest BCUT2D eigenvalue weighted by molar-refractivity contribution is 0.166. The van der Waals surface area contributed by atoms with Gasteiger partial charge in [-0.05, 0) is 24.3 Å². The Morgan fingerprint density at radius 3 is 2.26 bits per heavy atom. The van der Waals surface area contributed by atoms with Crippen LogP contribution in [-0.4, -0.2) is 22.4 Å². The zero-order valence-corrected chi connectivity index (χ0v) is 16.1. The minimum atomic E-state index is -0.963. The van der Waals surface area contributed by atoms with Gasteiger partial charge >= 0.3 is 12.1 Å². The SMILES string of the molecule is O=C(Nc1nc(-c2c(Cl)cccc2Cl)no1)ON=Cc1c(Cl)cccc1Cl. The Hall–Kier alpha value is -2.32. The van der Waals surface area contributed by atoms with Gasteiger partial charge in [-0.3, -0.25) is 4.84 Å². The van der Waals surface area contributed by atoms with Crippen LogP contribution < -0.4 is 5.32 Å². The van der Waals surface area contributed by atoms with Gasteiger partial charge < -0.3 is 4.52 Å². The average Bonchev–Trinajstić information content (AvgIpc) is 3.05. The minimum Gasteiger partial charge on any atom is -0.315 e. The van der Waals surface area contributed by atoms with E-state index < -0.39 is 6.09 Å². The topological polar surface area (TPSA) is 89.6 Å². The molecule has 0 atom stereocenters. The third-order valence-corrected chi connectivity index (χ3v) is 4.43. The fourth-order valence-electron chi connectivity index (χ4n) is 1.96. The zero-order valence-electron chi connectivity index (χ0n) is 13.1. The molecule has 2 aromatic carbocycles. The van der Waals surface area contributed by atoms with Gasteiger partial charge in [0.15, 0.2) is 0 Å². The molecule has 3 rings (SSSR count). The van der Waals surface area contributed by atoms with Crippen LogP contribution in [0.25, 0.3) is 11.4 Å². The molecule has 1 heterocycles. The molecule has 0 aliphatic rings. The fourth-order valence-corrected chi connectivity index (χ4v) is 3.02. The first-order chi connectivity index (χ1) is 13.0. The van der Waals surface area contributed by atoms with Crippen molar-refractivity contribution in [1.82, 2.24) is 10.1 Å². The molecule has 1 aromatic heterocycles. The molecule has 138 valence electrons. The summed E-state index contributed by atoms with van der Waals surface area (Å²) < 4.78 is 4.92. The van der Waals surface area contributed by atoms with Crippen molar-refractivity contribution < 1.29 is 14.2 Å². The largest absolute Gasteiger partial charge is 0.441 e. The number of anilines is 1. The van der Waals surface area contributed by atoms with Crippen molar-refractivity contribution in [3.05, 3.63) is 62.1 Å². The number of hydrogen-bond donors (Lipinski definition) is 1. The van der Waals surface area contributed by atoms with E-state index in [1.54, 1.807) is 36.4 Å². The lowest BCUT2D eigenvalue weighted by Gasteiger charge is -2.01. The predicted molar refractivity (Wildman–Crippen MR) is 104 cm³/mol. The highest BCUT2D eigenvalue weighted by atomic mass is 35.5. The van der Waals surface area contributed by atoms with Crippen LogP contribution in [-0.2, 0) is 4.84 Å². The molecule has 11 heteroatoms. The molecule has 0 aliphatic heterocycles. The normalized spacial score (nSPS) is 11.0. The van der Waals surface area contributed by atoms with Crippen LogP contribution in [0.5, 0.6) is 0 Å². The lowest BCUT2D eigenvalue weighted by atomic mass is 10.2. The predicted octanol–water partition coefficient (Wildman–Crippen LogP) is 5.93. The molecule has 0 saturated carbocycles. The third-order valence-electron chi connectivity index (χ3n) is 3.14. The van der Waals surface area contributed by atoms with Gasteiger partial charge in [0, 0.05) is 5.56 Å². The Morgan fingerprint density at radius 1 is 1.04 bits per heavy atom. The second-order valence-electron chi connectivity index (χ2n) is 4.89. The molecule has 27 heavy (non-hydrogen) atoms. The number of benzene rings is 2. The van der Waals surface area contributed by atoms with Gasteiger partial charge in [0.25, 0.3) is 0 Å². The van der Waals surface area contributed by atoms with Crippen LogP contribution in [0.1, 0.15) is 5.56 Å². The van der Waals surface area contributed by atoms with Gasteiger partial charge in [-0.2, -0.15) is 4.98 Å². The Balaban J connectivity index is 1.66. The van der Waals surface area contributed by atoms with E-state index in [9.17, 15) is 4.79 Å². The Morgan fingerprint density at radius 2 is 1.63 bits per heavy atom. The summed E-state index contributed by atoms with van der Waals surface area (Å²) >= 11 is 24.1. The number of carbonyl (C=O) groups is 1. The number of hydrogen-bond acceptors (Lipinski definition) is 6. The van der Waals surface area contributed by atoms with Gasteiger partial charge in [0.2, 0.25) is 5.82 Å². The average molecular weight is 446 g/mol. The summed E-state index contributed by atoms with van der Waals surface area (Å²) in [5.74, 6) is 0.104. The number of nitrogens with zero attached hydrogens (tertiary/aromatic N) is 3. The van der Waals surface area contributed by atoms with Crippen molar-refractivity contribution in [1.29, 1.82) is 0 Å². The highest BCUT2D eigenvalue weighted by Gasteiger charge is 2.17. The van der Waals surface area contributed by atoms with Crippen molar-refractivity contribution in [2.45, 2.75) is 0 Å². The van der Waals surface area contributed by atoms with E-state index in [0.29, 0.717) is 31.2 Å². The van der Waals surface area contributed by atoms with Crippen LogP contribution in [0.2, 0.25) is 20.1 Å². The monoisotopic (exact) mass is 444 g/mol. The number of nitrogens with one attached hydrogen (secondary N) is 1. The second kappa shape index (κ2) is 8.58. The Labute approximate surface area is 172 Å². The van der Waals surface area contributed by atoms with E-state index in [-0.39, 0.29) is 11.8 Å². The summed E-state index contributed by atoms with van der Waals surface area (Å²) in [6, 6.07) is 9.60. The first-order valence-corrected chi connectivity index (χ1v) is 8.70. The van der Waals surface area contributed by atoms with Gasteiger partial charge in [-0.25, -0.2) is 10.1 Å². The van der Waals surface area contributed by atoms with Gasteiger partial charge in [-0.15, -0.1) is 0 Å². The third kappa shape index (κ3) is 4.70. The summed E-state index contributed by atoms with van der Waals surface area (Å²) in [4.78, 5) is 20.4. The second-order valence-corrected chi connectivity index (χ2v) is 6.52. The lowest BCUT2D eigenvalue weighted by Crippen LogP contribution is -2.11. The van der Waals surface area contributed by atoms with Crippen LogP contribution >= 0.6 is 46.4 Å². The number of halogens is 4. The first-order valence-electron chi connectivity index (χ1n) is 7.19. The number of rotatable bonds is 4.